The van der Waals surface area contributed by atoms with Crippen LogP contribution in [0, 0.1) is 0 Å². The van der Waals surface area contributed by atoms with Crippen molar-refractivity contribution in [2.75, 3.05) is 25.0 Å². The first-order valence-corrected chi connectivity index (χ1v) is 10.1. The van der Waals surface area contributed by atoms with Crippen molar-refractivity contribution in [3.05, 3.63) is 65.2 Å². The van der Waals surface area contributed by atoms with Crippen LogP contribution in [0.1, 0.15) is 49.3 Å². The van der Waals surface area contributed by atoms with E-state index < -0.39 is 0 Å². The van der Waals surface area contributed by atoms with Crippen molar-refractivity contribution < 1.29 is 4.79 Å². The van der Waals surface area contributed by atoms with Crippen LogP contribution in [-0.2, 0) is 17.6 Å². The lowest BCUT2D eigenvalue weighted by molar-refractivity contribution is -0.119. The first-order chi connectivity index (χ1) is 12.9. The third kappa shape index (κ3) is 3.66. The molecule has 3 heteroatoms. The van der Waals surface area contributed by atoms with Gasteiger partial charge in [0.25, 0.3) is 0 Å². The van der Waals surface area contributed by atoms with Crippen LogP contribution in [0.5, 0.6) is 0 Å². The Morgan fingerprint density at radius 1 is 1.11 bits per heavy atom. The average molecular weight is 363 g/mol. The maximum atomic E-state index is 13.3. The van der Waals surface area contributed by atoms with E-state index in [0.29, 0.717) is 12.3 Å². The van der Waals surface area contributed by atoms with Crippen LogP contribution in [0.4, 0.5) is 5.69 Å². The van der Waals surface area contributed by atoms with E-state index in [0.717, 1.165) is 38.0 Å². The van der Waals surface area contributed by atoms with Crippen molar-refractivity contribution >= 4 is 11.6 Å². The summed E-state index contributed by atoms with van der Waals surface area (Å²) in [4.78, 5) is 17.7. The maximum Gasteiger partial charge on any atom is 0.227 e. The number of carbonyl (C=O) groups excluding carboxylic acids is 1. The molecule has 0 atom stereocenters. The lowest BCUT2D eigenvalue weighted by atomic mass is 9.83. The Hall–Kier alpha value is -2.13. The number of nitrogens with zero attached hydrogens (tertiary/aromatic N) is 2. The first-order valence-electron chi connectivity index (χ1n) is 10.1. The van der Waals surface area contributed by atoms with Gasteiger partial charge in [0.05, 0.1) is 0 Å². The lowest BCUT2D eigenvalue weighted by Gasteiger charge is -2.44. The summed E-state index contributed by atoms with van der Waals surface area (Å²) >= 11 is 0. The molecular formula is C24H30N2O. The smallest absolute Gasteiger partial charge is 0.227 e. The van der Waals surface area contributed by atoms with Gasteiger partial charge in [-0.25, -0.2) is 0 Å². The summed E-state index contributed by atoms with van der Waals surface area (Å²) in [5, 5.41) is 0. The van der Waals surface area contributed by atoms with Gasteiger partial charge in [-0.05, 0) is 62.9 Å². The molecule has 27 heavy (non-hydrogen) atoms. The molecule has 2 aliphatic rings. The van der Waals surface area contributed by atoms with E-state index in [-0.39, 0.29) is 11.4 Å². The normalized spacial score (nSPS) is 19.4. The third-order valence-corrected chi connectivity index (χ3v) is 6.22. The van der Waals surface area contributed by atoms with Crippen LogP contribution in [0.25, 0.3) is 0 Å². The Bertz CT molecular complexity index is 822. The zero-order chi connectivity index (χ0) is 19.0. The molecule has 0 radical (unpaired) electrons. The van der Waals surface area contributed by atoms with Crippen LogP contribution in [0.15, 0.2) is 48.5 Å². The molecule has 1 amide bonds. The van der Waals surface area contributed by atoms with E-state index in [1.807, 2.05) is 18.2 Å². The number of anilines is 1. The summed E-state index contributed by atoms with van der Waals surface area (Å²) in [5.74, 6) is 0.847. The molecule has 1 saturated heterocycles. The van der Waals surface area contributed by atoms with E-state index in [2.05, 4.69) is 61.0 Å². The fourth-order valence-electron chi connectivity index (χ4n) is 4.52. The molecular weight excluding hydrogens is 332 g/mol. The Labute approximate surface area is 163 Å². The molecule has 0 saturated carbocycles. The van der Waals surface area contributed by atoms with Gasteiger partial charge in [0.15, 0.2) is 0 Å². The SMILES string of the molecule is CN1CC(c2ccc3c(c2)N(C(=O)CCc2ccccc2)C(C)(C)CC3)C1. The summed E-state index contributed by atoms with van der Waals surface area (Å²) in [6.45, 7) is 6.65. The van der Waals surface area contributed by atoms with Gasteiger partial charge < -0.3 is 9.80 Å². The highest BCUT2D eigenvalue weighted by atomic mass is 16.2. The molecule has 0 aromatic heterocycles. The molecule has 2 heterocycles. The van der Waals surface area contributed by atoms with E-state index >= 15 is 0 Å². The van der Waals surface area contributed by atoms with Gasteiger partial charge >= 0.3 is 0 Å². The number of likely N-dealkylation sites (N-methyl/N-ethyl adjacent to an activating group) is 1. The number of likely N-dealkylation sites (tertiary alicyclic amines) is 1. The number of hydrogen-bond acceptors (Lipinski definition) is 2. The quantitative estimate of drug-likeness (QED) is 0.804. The second-order valence-electron chi connectivity index (χ2n) is 8.83. The first kappa shape index (κ1) is 18.2. The Morgan fingerprint density at radius 2 is 1.85 bits per heavy atom. The van der Waals surface area contributed by atoms with E-state index in [1.54, 1.807) is 0 Å². The predicted molar refractivity (Wildman–Crippen MR) is 111 cm³/mol. The van der Waals surface area contributed by atoms with Crippen LogP contribution in [0.3, 0.4) is 0 Å². The number of rotatable bonds is 4. The molecule has 0 aliphatic carbocycles. The van der Waals surface area contributed by atoms with Gasteiger partial charge in [-0.15, -0.1) is 0 Å². The van der Waals surface area contributed by atoms with E-state index in [1.165, 1.54) is 16.7 Å². The van der Waals surface area contributed by atoms with Gasteiger partial charge in [0, 0.05) is 36.7 Å². The third-order valence-electron chi connectivity index (χ3n) is 6.22. The highest BCUT2D eigenvalue weighted by molar-refractivity contribution is 5.96. The fourth-order valence-corrected chi connectivity index (χ4v) is 4.52. The Kier molecular flexibility index (Phi) is 4.81. The summed E-state index contributed by atoms with van der Waals surface area (Å²) in [5.41, 5.74) is 4.95. The number of aryl methyl sites for hydroxylation is 2. The number of benzene rings is 2. The van der Waals surface area contributed by atoms with Crippen molar-refractivity contribution in [3.63, 3.8) is 0 Å². The van der Waals surface area contributed by atoms with Crippen molar-refractivity contribution in [1.29, 1.82) is 0 Å². The van der Waals surface area contributed by atoms with Crippen molar-refractivity contribution in [3.8, 4) is 0 Å². The van der Waals surface area contributed by atoms with Crippen molar-refractivity contribution in [2.45, 2.75) is 51.0 Å². The van der Waals surface area contributed by atoms with Gasteiger partial charge in [-0.1, -0.05) is 42.5 Å². The highest BCUT2D eigenvalue weighted by Gasteiger charge is 2.37. The number of hydrogen-bond donors (Lipinski definition) is 0. The summed E-state index contributed by atoms with van der Waals surface area (Å²) in [6.07, 6.45) is 3.43. The molecule has 0 bridgehead atoms. The van der Waals surface area contributed by atoms with Gasteiger partial charge in [-0.3, -0.25) is 4.79 Å². The lowest BCUT2D eigenvalue weighted by Crippen LogP contribution is -2.51. The second kappa shape index (κ2) is 7.12. The summed E-state index contributed by atoms with van der Waals surface area (Å²) in [7, 11) is 2.16. The van der Waals surface area contributed by atoms with Crippen molar-refractivity contribution in [1.82, 2.24) is 4.90 Å². The number of amides is 1. The summed E-state index contributed by atoms with van der Waals surface area (Å²) < 4.78 is 0. The van der Waals surface area contributed by atoms with Gasteiger partial charge in [0.2, 0.25) is 5.91 Å². The second-order valence-corrected chi connectivity index (χ2v) is 8.83. The summed E-state index contributed by atoms with van der Waals surface area (Å²) in [6, 6.07) is 17.2. The van der Waals surface area contributed by atoms with Gasteiger partial charge in [-0.2, -0.15) is 0 Å². The molecule has 0 N–H and O–H groups in total. The van der Waals surface area contributed by atoms with Crippen LogP contribution in [-0.4, -0.2) is 36.5 Å². The maximum absolute atomic E-state index is 13.3. The average Bonchev–Trinajstić information content (AvgIpc) is 2.63. The highest BCUT2D eigenvalue weighted by Crippen LogP contribution is 2.40. The Morgan fingerprint density at radius 3 is 2.56 bits per heavy atom. The number of fused-ring (bicyclic) bond motifs is 1. The zero-order valence-electron chi connectivity index (χ0n) is 16.7. The minimum atomic E-state index is -0.129. The van der Waals surface area contributed by atoms with E-state index in [9.17, 15) is 4.79 Å². The molecule has 2 aromatic rings. The molecule has 1 fully saturated rings. The zero-order valence-corrected chi connectivity index (χ0v) is 16.7. The largest absolute Gasteiger partial charge is 0.307 e. The molecule has 0 unspecified atom stereocenters. The predicted octanol–water partition coefficient (Wildman–Crippen LogP) is 4.41. The molecule has 142 valence electrons. The van der Waals surface area contributed by atoms with E-state index in [4.69, 9.17) is 0 Å². The van der Waals surface area contributed by atoms with Crippen LogP contribution < -0.4 is 4.90 Å². The molecule has 2 aromatic carbocycles. The van der Waals surface area contributed by atoms with Gasteiger partial charge in [0.1, 0.15) is 0 Å². The topological polar surface area (TPSA) is 23.6 Å². The fraction of sp³-hybridized carbons (Fsp3) is 0.458. The van der Waals surface area contributed by atoms with Crippen LogP contribution in [0.2, 0.25) is 0 Å². The Balaban J connectivity index is 1.59. The molecule has 3 nitrogen and oxygen atoms in total. The molecule has 0 spiro atoms. The minimum Gasteiger partial charge on any atom is -0.307 e. The van der Waals surface area contributed by atoms with Crippen molar-refractivity contribution in [2.24, 2.45) is 0 Å². The minimum absolute atomic E-state index is 0.129. The molecule has 2 aliphatic heterocycles. The number of carbonyl (C=O) groups is 1. The monoisotopic (exact) mass is 362 g/mol. The molecule has 4 rings (SSSR count). The standard InChI is InChI=1S/C24H30N2O/c1-24(2)14-13-19-10-11-20(21-16-25(3)17-21)15-22(19)26(24)23(27)12-9-18-7-5-4-6-8-18/h4-8,10-11,15,21H,9,12-14,16-17H2,1-3H3. The van der Waals surface area contributed by atoms with Crippen LogP contribution >= 0.6 is 0 Å².